The molecule has 1 heterocycles. The summed E-state index contributed by atoms with van der Waals surface area (Å²) in [7, 11) is 2.93. The standard InChI is InChI=1S/C29H31NO5/c1-29(2,3)22-15-14-20(16-26(22)33-4)27(31)30-23-12-9-13-25(21(23)17-24(30)28(32)34-5)35-18-19-10-7-6-8-11-19/h6-16,24H,17-18H2,1-5H3. The van der Waals surface area contributed by atoms with Gasteiger partial charge in [-0.1, -0.05) is 63.2 Å². The molecule has 0 spiro atoms. The molecule has 0 fully saturated rings. The number of methoxy groups -OCH3 is 2. The summed E-state index contributed by atoms with van der Waals surface area (Å²) in [6.45, 7) is 6.66. The van der Waals surface area contributed by atoms with Crippen molar-refractivity contribution in [1.29, 1.82) is 0 Å². The van der Waals surface area contributed by atoms with E-state index < -0.39 is 12.0 Å². The van der Waals surface area contributed by atoms with Gasteiger partial charge in [0.15, 0.2) is 0 Å². The van der Waals surface area contributed by atoms with E-state index in [2.05, 4.69) is 20.8 Å². The van der Waals surface area contributed by atoms with Crippen LogP contribution in [0.3, 0.4) is 0 Å². The average Bonchev–Trinajstić information content (AvgIpc) is 3.26. The van der Waals surface area contributed by atoms with Gasteiger partial charge in [0.05, 0.1) is 19.9 Å². The second kappa shape index (κ2) is 9.82. The number of hydrogen-bond donors (Lipinski definition) is 0. The van der Waals surface area contributed by atoms with Gasteiger partial charge in [-0.05, 0) is 40.8 Å². The number of carbonyl (C=O) groups is 2. The second-order valence-electron chi connectivity index (χ2n) is 9.61. The lowest BCUT2D eigenvalue weighted by molar-refractivity contribution is -0.141. The van der Waals surface area contributed by atoms with E-state index in [0.29, 0.717) is 35.8 Å². The zero-order valence-corrected chi connectivity index (χ0v) is 20.8. The van der Waals surface area contributed by atoms with Crippen LogP contribution in [0.4, 0.5) is 5.69 Å². The van der Waals surface area contributed by atoms with E-state index >= 15 is 0 Å². The molecule has 4 rings (SSSR count). The van der Waals surface area contributed by atoms with Crippen LogP contribution >= 0.6 is 0 Å². The molecule has 1 atom stereocenters. The molecular weight excluding hydrogens is 442 g/mol. The highest BCUT2D eigenvalue weighted by Gasteiger charge is 2.41. The van der Waals surface area contributed by atoms with Gasteiger partial charge in [-0.2, -0.15) is 0 Å². The van der Waals surface area contributed by atoms with Crippen LogP contribution in [0.25, 0.3) is 0 Å². The number of amides is 1. The predicted molar refractivity (Wildman–Crippen MR) is 135 cm³/mol. The number of hydrogen-bond acceptors (Lipinski definition) is 5. The highest BCUT2D eigenvalue weighted by Crippen LogP contribution is 2.40. The highest BCUT2D eigenvalue weighted by atomic mass is 16.5. The van der Waals surface area contributed by atoms with Crippen molar-refractivity contribution in [2.75, 3.05) is 19.1 Å². The van der Waals surface area contributed by atoms with Crippen LogP contribution in [0.1, 0.15) is 47.8 Å². The molecule has 0 aliphatic carbocycles. The van der Waals surface area contributed by atoms with Gasteiger partial charge in [-0.3, -0.25) is 9.69 Å². The summed E-state index contributed by atoms with van der Waals surface area (Å²) < 4.78 is 16.8. The lowest BCUT2D eigenvalue weighted by atomic mass is 9.85. The minimum absolute atomic E-state index is 0.146. The second-order valence-corrected chi connectivity index (χ2v) is 9.61. The number of rotatable bonds is 6. The zero-order chi connectivity index (χ0) is 25.2. The molecule has 6 heteroatoms. The Morgan fingerprint density at radius 2 is 1.69 bits per heavy atom. The van der Waals surface area contributed by atoms with E-state index in [-0.39, 0.29) is 11.3 Å². The molecule has 182 valence electrons. The Hall–Kier alpha value is -3.80. The SMILES string of the molecule is COC(=O)C1Cc2c(OCc3ccccc3)cccc2N1C(=O)c1ccc(C(C)(C)C)c(OC)c1. The molecule has 0 saturated heterocycles. The van der Waals surface area contributed by atoms with Gasteiger partial charge in [-0.25, -0.2) is 4.79 Å². The fraction of sp³-hybridized carbons (Fsp3) is 0.310. The molecule has 35 heavy (non-hydrogen) atoms. The highest BCUT2D eigenvalue weighted by molar-refractivity contribution is 6.11. The summed E-state index contributed by atoms with van der Waals surface area (Å²) >= 11 is 0. The van der Waals surface area contributed by atoms with Crippen molar-refractivity contribution in [1.82, 2.24) is 0 Å². The van der Waals surface area contributed by atoms with Gasteiger partial charge < -0.3 is 14.2 Å². The number of anilines is 1. The zero-order valence-electron chi connectivity index (χ0n) is 20.8. The molecular formula is C29H31NO5. The third-order valence-electron chi connectivity index (χ3n) is 6.26. The van der Waals surface area contributed by atoms with Gasteiger partial charge >= 0.3 is 5.97 Å². The topological polar surface area (TPSA) is 65.1 Å². The third-order valence-corrected chi connectivity index (χ3v) is 6.26. The maximum Gasteiger partial charge on any atom is 0.329 e. The monoisotopic (exact) mass is 473 g/mol. The number of esters is 1. The van der Waals surface area contributed by atoms with Gasteiger partial charge in [0.1, 0.15) is 24.1 Å². The summed E-state index contributed by atoms with van der Waals surface area (Å²) in [6, 6.07) is 20.1. The quantitative estimate of drug-likeness (QED) is 0.454. The number of benzene rings is 3. The lowest BCUT2D eigenvalue weighted by Crippen LogP contribution is -2.43. The molecule has 1 aliphatic rings. The van der Waals surface area contributed by atoms with Crippen LogP contribution < -0.4 is 14.4 Å². The lowest BCUT2D eigenvalue weighted by Gasteiger charge is -2.26. The van der Waals surface area contributed by atoms with Crippen molar-refractivity contribution < 1.29 is 23.8 Å². The summed E-state index contributed by atoms with van der Waals surface area (Å²) in [6.07, 6.45) is 0.315. The molecule has 0 aromatic heterocycles. The van der Waals surface area contributed by atoms with Gasteiger partial charge in [-0.15, -0.1) is 0 Å². The van der Waals surface area contributed by atoms with Gasteiger partial charge in [0, 0.05) is 17.5 Å². The molecule has 3 aromatic carbocycles. The predicted octanol–water partition coefficient (Wildman–Crippen LogP) is 5.32. The minimum Gasteiger partial charge on any atom is -0.496 e. The van der Waals surface area contributed by atoms with Crippen LogP contribution in [0, 0.1) is 0 Å². The van der Waals surface area contributed by atoms with E-state index in [1.807, 2.05) is 54.6 Å². The summed E-state index contributed by atoms with van der Waals surface area (Å²) in [5.41, 5.74) is 3.78. The van der Waals surface area contributed by atoms with Crippen LogP contribution in [-0.2, 0) is 28.0 Å². The first kappa shape index (κ1) is 24.3. The van der Waals surface area contributed by atoms with Crippen LogP contribution in [0.2, 0.25) is 0 Å². The Morgan fingerprint density at radius 1 is 0.943 bits per heavy atom. The molecule has 1 aliphatic heterocycles. The molecule has 0 saturated carbocycles. The van der Waals surface area contributed by atoms with E-state index in [1.54, 1.807) is 19.2 Å². The van der Waals surface area contributed by atoms with Crippen LogP contribution in [0.5, 0.6) is 11.5 Å². The Balaban J connectivity index is 1.70. The van der Waals surface area contributed by atoms with Crippen molar-refractivity contribution in [2.45, 2.75) is 45.3 Å². The van der Waals surface area contributed by atoms with Gasteiger partial charge in [0.25, 0.3) is 5.91 Å². The number of fused-ring (bicyclic) bond motifs is 1. The first-order chi connectivity index (χ1) is 16.7. The van der Waals surface area contributed by atoms with E-state index in [4.69, 9.17) is 14.2 Å². The largest absolute Gasteiger partial charge is 0.496 e. The fourth-order valence-electron chi connectivity index (χ4n) is 4.47. The van der Waals surface area contributed by atoms with Crippen LogP contribution in [0.15, 0.2) is 66.7 Å². The van der Waals surface area contributed by atoms with Crippen molar-refractivity contribution in [2.24, 2.45) is 0 Å². The number of carbonyl (C=O) groups excluding carboxylic acids is 2. The Bertz CT molecular complexity index is 1230. The van der Waals surface area contributed by atoms with E-state index in [1.165, 1.54) is 12.0 Å². The maximum absolute atomic E-state index is 13.8. The minimum atomic E-state index is -0.780. The molecule has 1 amide bonds. The van der Waals surface area contributed by atoms with Crippen LogP contribution in [-0.4, -0.2) is 32.1 Å². The van der Waals surface area contributed by atoms with Gasteiger partial charge in [0.2, 0.25) is 0 Å². The molecule has 0 radical (unpaired) electrons. The normalized spacial score (nSPS) is 14.9. The fourth-order valence-corrected chi connectivity index (χ4v) is 4.47. The summed E-state index contributed by atoms with van der Waals surface area (Å²) in [5.74, 6) is 0.522. The average molecular weight is 474 g/mol. The van der Waals surface area contributed by atoms with E-state index in [0.717, 1.165) is 16.7 Å². The first-order valence-corrected chi connectivity index (χ1v) is 11.6. The van der Waals surface area contributed by atoms with E-state index in [9.17, 15) is 9.59 Å². The van der Waals surface area contributed by atoms with Crippen molar-refractivity contribution in [3.05, 3.63) is 89.0 Å². The number of ether oxygens (including phenoxy) is 3. The van der Waals surface area contributed by atoms with Crippen molar-refractivity contribution in [3.8, 4) is 11.5 Å². The molecule has 6 nitrogen and oxygen atoms in total. The first-order valence-electron chi connectivity index (χ1n) is 11.6. The Labute approximate surface area is 206 Å². The molecule has 0 N–H and O–H groups in total. The van der Waals surface area contributed by atoms with Crippen molar-refractivity contribution >= 4 is 17.6 Å². The smallest absolute Gasteiger partial charge is 0.329 e. The molecule has 0 bridgehead atoms. The Kier molecular flexibility index (Phi) is 6.83. The molecule has 3 aromatic rings. The third kappa shape index (κ3) is 4.87. The van der Waals surface area contributed by atoms with Crippen molar-refractivity contribution in [3.63, 3.8) is 0 Å². The number of nitrogens with zero attached hydrogens (tertiary/aromatic N) is 1. The maximum atomic E-state index is 13.8. The molecule has 1 unspecified atom stereocenters. The summed E-state index contributed by atoms with van der Waals surface area (Å²) in [4.78, 5) is 28.0. The summed E-state index contributed by atoms with van der Waals surface area (Å²) in [5, 5.41) is 0. The Morgan fingerprint density at radius 3 is 2.34 bits per heavy atom.